The quantitative estimate of drug-likeness (QED) is 0.525. The zero-order valence-corrected chi connectivity index (χ0v) is 8.54. The van der Waals surface area contributed by atoms with Gasteiger partial charge in [-0.15, -0.1) is 0 Å². The molecule has 0 saturated heterocycles. The van der Waals surface area contributed by atoms with Crippen molar-refractivity contribution in [3.8, 4) is 0 Å². The molecule has 1 heterocycles. The predicted molar refractivity (Wildman–Crippen MR) is 54.6 cm³/mol. The van der Waals surface area contributed by atoms with E-state index in [2.05, 4.69) is 10.3 Å². The second kappa shape index (κ2) is 5.99. The highest BCUT2D eigenvalue weighted by Gasteiger charge is 2.07. The Kier molecular flexibility index (Phi) is 4.62. The van der Waals surface area contributed by atoms with Gasteiger partial charge < -0.3 is 15.5 Å². The number of aliphatic hydroxyl groups excluding tert-OH is 2. The second-order valence-corrected chi connectivity index (χ2v) is 3.17. The van der Waals surface area contributed by atoms with E-state index < -0.39 is 24.3 Å². The van der Waals surface area contributed by atoms with Crippen LogP contribution in [0, 0.1) is 0 Å². The van der Waals surface area contributed by atoms with Gasteiger partial charge in [0, 0.05) is 18.9 Å². The minimum atomic E-state index is -0.991. The summed E-state index contributed by atoms with van der Waals surface area (Å²) in [7, 11) is 0. The van der Waals surface area contributed by atoms with Crippen LogP contribution in [-0.2, 0) is 11.3 Å². The van der Waals surface area contributed by atoms with Crippen molar-refractivity contribution in [3.05, 3.63) is 28.9 Å². The van der Waals surface area contributed by atoms with Crippen molar-refractivity contribution in [2.75, 3.05) is 13.2 Å². The Hall–Kier alpha value is -1.73. The average Bonchev–Trinajstić information content (AvgIpc) is 2.29. The SMILES string of the molecule is O=C(Cn1cccnc1=O)NCC(O)CO. The number of nitrogens with one attached hydrogen (secondary N) is 1. The Morgan fingerprint density at radius 1 is 1.62 bits per heavy atom. The molecule has 0 radical (unpaired) electrons. The fourth-order valence-corrected chi connectivity index (χ4v) is 1.01. The van der Waals surface area contributed by atoms with Crippen LogP contribution in [0.5, 0.6) is 0 Å². The van der Waals surface area contributed by atoms with Crippen molar-refractivity contribution in [2.45, 2.75) is 12.6 Å². The Balaban J connectivity index is 2.46. The van der Waals surface area contributed by atoms with Gasteiger partial charge in [0.25, 0.3) is 0 Å². The van der Waals surface area contributed by atoms with Crippen LogP contribution in [0.2, 0.25) is 0 Å². The lowest BCUT2D eigenvalue weighted by Crippen LogP contribution is -2.37. The molecule has 1 aromatic rings. The van der Waals surface area contributed by atoms with Gasteiger partial charge in [-0.1, -0.05) is 0 Å². The van der Waals surface area contributed by atoms with Gasteiger partial charge in [-0.3, -0.25) is 9.36 Å². The van der Waals surface area contributed by atoms with Gasteiger partial charge in [0.15, 0.2) is 0 Å². The van der Waals surface area contributed by atoms with Crippen LogP contribution < -0.4 is 11.0 Å². The maximum Gasteiger partial charge on any atom is 0.347 e. The van der Waals surface area contributed by atoms with E-state index in [1.807, 2.05) is 0 Å². The van der Waals surface area contributed by atoms with Crippen LogP contribution in [-0.4, -0.2) is 44.9 Å². The first kappa shape index (κ1) is 12.3. The number of hydrogen-bond acceptors (Lipinski definition) is 5. The van der Waals surface area contributed by atoms with Crippen molar-refractivity contribution in [3.63, 3.8) is 0 Å². The third-order valence-corrected chi connectivity index (χ3v) is 1.84. The largest absolute Gasteiger partial charge is 0.394 e. The van der Waals surface area contributed by atoms with Crippen molar-refractivity contribution in [1.29, 1.82) is 0 Å². The van der Waals surface area contributed by atoms with E-state index in [0.29, 0.717) is 0 Å². The van der Waals surface area contributed by atoms with Gasteiger partial charge in [-0.05, 0) is 6.07 Å². The highest BCUT2D eigenvalue weighted by atomic mass is 16.3. The van der Waals surface area contributed by atoms with E-state index in [-0.39, 0.29) is 13.1 Å². The molecule has 1 rings (SSSR count). The van der Waals surface area contributed by atoms with E-state index in [0.717, 1.165) is 4.57 Å². The number of rotatable bonds is 5. The molecule has 7 heteroatoms. The highest BCUT2D eigenvalue weighted by Crippen LogP contribution is 1.82. The number of hydrogen-bond donors (Lipinski definition) is 3. The molecule has 0 saturated carbocycles. The lowest BCUT2D eigenvalue weighted by molar-refractivity contribution is -0.122. The molecule has 0 aliphatic rings. The number of amides is 1. The van der Waals surface area contributed by atoms with Crippen LogP contribution in [0.4, 0.5) is 0 Å². The molecule has 0 aliphatic heterocycles. The molecule has 1 amide bonds. The van der Waals surface area contributed by atoms with Crippen LogP contribution >= 0.6 is 0 Å². The molecule has 7 nitrogen and oxygen atoms in total. The summed E-state index contributed by atoms with van der Waals surface area (Å²) in [5, 5.41) is 19.9. The van der Waals surface area contributed by atoms with Gasteiger partial charge in [-0.2, -0.15) is 0 Å². The Morgan fingerprint density at radius 3 is 3.00 bits per heavy atom. The lowest BCUT2D eigenvalue weighted by Gasteiger charge is -2.09. The van der Waals surface area contributed by atoms with Gasteiger partial charge in [0.2, 0.25) is 5.91 Å². The molecule has 0 aromatic carbocycles. The van der Waals surface area contributed by atoms with E-state index >= 15 is 0 Å². The van der Waals surface area contributed by atoms with E-state index in [1.54, 1.807) is 0 Å². The highest BCUT2D eigenvalue weighted by molar-refractivity contribution is 5.75. The summed E-state index contributed by atoms with van der Waals surface area (Å²) in [6.07, 6.45) is 1.79. The molecule has 0 aliphatic carbocycles. The topological polar surface area (TPSA) is 104 Å². The monoisotopic (exact) mass is 227 g/mol. The molecule has 1 unspecified atom stereocenters. The fourth-order valence-electron chi connectivity index (χ4n) is 1.01. The average molecular weight is 227 g/mol. The maximum absolute atomic E-state index is 11.3. The summed E-state index contributed by atoms with van der Waals surface area (Å²) in [6.45, 7) is -0.637. The fraction of sp³-hybridized carbons (Fsp3) is 0.444. The number of nitrogens with zero attached hydrogens (tertiary/aromatic N) is 2. The zero-order valence-electron chi connectivity index (χ0n) is 8.54. The van der Waals surface area contributed by atoms with Crippen molar-refractivity contribution >= 4 is 5.91 Å². The van der Waals surface area contributed by atoms with Crippen LogP contribution in [0.1, 0.15) is 0 Å². The Labute approximate surface area is 91.4 Å². The third kappa shape index (κ3) is 3.79. The predicted octanol–water partition coefficient (Wildman–Crippen LogP) is -2.29. The summed E-state index contributed by atoms with van der Waals surface area (Å²) < 4.78 is 1.14. The lowest BCUT2D eigenvalue weighted by atomic mass is 10.4. The number of carbonyl (C=O) groups is 1. The summed E-state index contributed by atoms with van der Waals surface area (Å²) >= 11 is 0. The third-order valence-electron chi connectivity index (χ3n) is 1.84. The standard InChI is InChI=1S/C9H13N3O4/c13-6-7(14)4-11-8(15)5-12-3-1-2-10-9(12)16/h1-3,7,13-14H,4-6H2,(H,11,15). The van der Waals surface area contributed by atoms with Crippen LogP contribution in [0.15, 0.2) is 23.3 Å². The molecule has 16 heavy (non-hydrogen) atoms. The summed E-state index contributed by atoms with van der Waals surface area (Å²) in [5.74, 6) is -0.428. The van der Waals surface area contributed by atoms with Gasteiger partial charge in [0.1, 0.15) is 6.54 Å². The number of aromatic nitrogens is 2. The minimum absolute atomic E-state index is 0.0512. The first-order valence-electron chi connectivity index (χ1n) is 4.70. The Morgan fingerprint density at radius 2 is 2.38 bits per heavy atom. The smallest absolute Gasteiger partial charge is 0.347 e. The van der Waals surface area contributed by atoms with Crippen molar-refractivity contribution in [2.24, 2.45) is 0 Å². The first-order chi connectivity index (χ1) is 7.63. The van der Waals surface area contributed by atoms with E-state index in [1.165, 1.54) is 18.5 Å². The summed E-state index contributed by atoms with van der Waals surface area (Å²) in [4.78, 5) is 25.9. The normalized spacial score (nSPS) is 12.1. The number of aliphatic hydroxyl groups is 2. The van der Waals surface area contributed by atoms with Crippen LogP contribution in [0.25, 0.3) is 0 Å². The molecule has 3 N–H and O–H groups in total. The summed E-state index contributed by atoms with van der Waals surface area (Å²) in [6, 6.07) is 1.54. The molecule has 1 atom stereocenters. The molecule has 0 fully saturated rings. The van der Waals surface area contributed by atoms with E-state index in [9.17, 15) is 9.59 Å². The number of carbonyl (C=O) groups excluding carboxylic acids is 1. The van der Waals surface area contributed by atoms with Crippen LogP contribution in [0.3, 0.4) is 0 Å². The molecule has 0 bridgehead atoms. The van der Waals surface area contributed by atoms with Crippen molar-refractivity contribution in [1.82, 2.24) is 14.9 Å². The second-order valence-electron chi connectivity index (χ2n) is 3.17. The minimum Gasteiger partial charge on any atom is -0.394 e. The Bertz CT molecular complexity index is 404. The first-order valence-corrected chi connectivity index (χ1v) is 4.70. The summed E-state index contributed by atoms with van der Waals surface area (Å²) in [5.41, 5.74) is -0.514. The van der Waals surface area contributed by atoms with E-state index in [4.69, 9.17) is 10.2 Å². The molecule has 88 valence electrons. The molecular weight excluding hydrogens is 214 g/mol. The molecule has 1 aromatic heterocycles. The zero-order chi connectivity index (χ0) is 12.0. The van der Waals surface area contributed by atoms with Gasteiger partial charge in [-0.25, -0.2) is 9.78 Å². The molecule has 0 spiro atoms. The van der Waals surface area contributed by atoms with Gasteiger partial charge in [0.05, 0.1) is 12.7 Å². The maximum atomic E-state index is 11.3. The van der Waals surface area contributed by atoms with Crippen molar-refractivity contribution < 1.29 is 15.0 Å². The molecular formula is C9H13N3O4. The van der Waals surface area contributed by atoms with Gasteiger partial charge >= 0.3 is 5.69 Å².